The third-order valence-corrected chi connectivity index (χ3v) is 12.0. The van der Waals surface area contributed by atoms with Crippen molar-refractivity contribution in [3.8, 4) is 0 Å². The van der Waals surface area contributed by atoms with Gasteiger partial charge in [-0.3, -0.25) is 9.59 Å². The molecule has 4 aliphatic rings. The zero-order valence-electron chi connectivity index (χ0n) is 24.2. The molecular formula is C32H52O3. The summed E-state index contributed by atoms with van der Waals surface area (Å²) in [7, 11) is 0. The van der Waals surface area contributed by atoms with Gasteiger partial charge in [0.15, 0.2) is 0 Å². The van der Waals surface area contributed by atoms with Crippen molar-refractivity contribution < 1.29 is 14.3 Å². The SMILES string of the molecule is CC(=O)OC1CCC2(C)C3=CCC4(C)C(=O)C(C)(CCCC(C)C)CCC4(C)C3CCC2C1(C)C. The van der Waals surface area contributed by atoms with E-state index in [-0.39, 0.29) is 39.1 Å². The Balaban J connectivity index is 1.64. The second-order valence-electron chi connectivity index (χ2n) is 14.8. The summed E-state index contributed by atoms with van der Waals surface area (Å²) in [4.78, 5) is 26.1. The molecule has 0 aromatic carbocycles. The molecule has 7 unspecified atom stereocenters. The highest BCUT2D eigenvalue weighted by Gasteiger charge is 2.66. The standard InChI is InChI=1S/C32H52O3/c1-21(2)11-10-16-29(6)19-20-31(8)24-12-13-25-28(4,5)26(35-22(3)33)15-17-30(25,7)23(24)14-18-32(31,9)27(29)34/h14,21,24-26H,10-13,15-20H2,1-9H3. The minimum atomic E-state index is -0.264. The van der Waals surface area contributed by atoms with Gasteiger partial charge in [-0.25, -0.2) is 0 Å². The lowest BCUT2D eigenvalue weighted by atomic mass is 9.37. The quantitative estimate of drug-likeness (QED) is 0.291. The summed E-state index contributed by atoms with van der Waals surface area (Å²) in [5.74, 6) is 2.09. The molecule has 198 valence electrons. The summed E-state index contributed by atoms with van der Waals surface area (Å²) in [5, 5.41) is 0. The Hall–Kier alpha value is -1.12. The van der Waals surface area contributed by atoms with Crippen LogP contribution in [0.25, 0.3) is 0 Å². The summed E-state index contributed by atoms with van der Waals surface area (Å²) in [5.41, 5.74) is 1.34. The van der Waals surface area contributed by atoms with E-state index >= 15 is 0 Å². The number of carbonyl (C=O) groups excluding carboxylic acids is 2. The van der Waals surface area contributed by atoms with Gasteiger partial charge in [-0.1, -0.05) is 79.9 Å². The highest BCUT2D eigenvalue weighted by Crippen LogP contribution is 2.71. The number of ketones is 1. The number of ether oxygens (including phenoxy) is 1. The fraction of sp³-hybridized carbons (Fsp3) is 0.875. The summed E-state index contributed by atoms with van der Waals surface area (Å²) in [6.07, 6.45) is 13.4. The highest BCUT2D eigenvalue weighted by atomic mass is 16.5. The Morgan fingerprint density at radius 2 is 1.71 bits per heavy atom. The topological polar surface area (TPSA) is 43.4 Å². The van der Waals surface area contributed by atoms with Crippen LogP contribution < -0.4 is 0 Å². The Bertz CT molecular complexity index is 898. The molecule has 0 radical (unpaired) electrons. The third kappa shape index (κ3) is 3.97. The van der Waals surface area contributed by atoms with E-state index in [0.29, 0.717) is 23.5 Å². The van der Waals surface area contributed by atoms with E-state index in [1.165, 1.54) is 6.42 Å². The van der Waals surface area contributed by atoms with Crippen molar-refractivity contribution in [2.24, 2.45) is 44.8 Å². The van der Waals surface area contributed by atoms with Crippen LogP contribution in [-0.4, -0.2) is 17.9 Å². The van der Waals surface area contributed by atoms with E-state index in [4.69, 9.17) is 4.74 Å². The van der Waals surface area contributed by atoms with Crippen molar-refractivity contribution in [2.45, 2.75) is 133 Å². The summed E-state index contributed by atoms with van der Waals surface area (Å²) in [6.45, 7) is 20.3. The lowest BCUT2D eigenvalue weighted by Crippen LogP contribution is -2.62. The number of rotatable bonds is 5. The maximum absolute atomic E-state index is 14.3. The molecule has 0 aromatic rings. The number of hydrogen-bond donors (Lipinski definition) is 0. The molecule has 0 aliphatic heterocycles. The smallest absolute Gasteiger partial charge is 0.302 e. The second kappa shape index (κ2) is 8.73. The van der Waals surface area contributed by atoms with Gasteiger partial charge < -0.3 is 4.74 Å². The van der Waals surface area contributed by atoms with Crippen LogP contribution in [0.5, 0.6) is 0 Å². The van der Waals surface area contributed by atoms with Crippen LogP contribution in [0.1, 0.15) is 127 Å². The molecule has 35 heavy (non-hydrogen) atoms. The predicted octanol–water partition coefficient (Wildman–Crippen LogP) is 8.31. The first kappa shape index (κ1) is 26.9. The molecule has 0 saturated heterocycles. The van der Waals surface area contributed by atoms with E-state index in [2.05, 4.69) is 61.5 Å². The van der Waals surface area contributed by atoms with Crippen molar-refractivity contribution in [1.29, 1.82) is 0 Å². The van der Waals surface area contributed by atoms with Gasteiger partial charge in [-0.2, -0.15) is 0 Å². The van der Waals surface area contributed by atoms with Gasteiger partial charge in [0, 0.05) is 23.2 Å². The third-order valence-electron chi connectivity index (χ3n) is 12.0. The summed E-state index contributed by atoms with van der Waals surface area (Å²) >= 11 is 0. The molecule has 3 heteroatoms. The first-order chi connectivity index (χ1) is 16.1. The molecule has 7 atom stereocenters. The van der Waals surface area contributed by atoms with Crippen LogP contribution in [0.2, 0.25) is 0 Å². The van der Waals surface area contributed by atoms with Crippen molar-refractivity contribution >= 4 is 11.8 Å². The molecule has 3 saturated carbocycles. The van der Waals surface area contributed by atoms with Gasteiger partial charge in [0.2, 0.25) is 0 Å². The molecule has 3 nitrogen and oxygen atoms in total. The maximum Gasteiger partial charge on any atom is 0.302 e. The van der Waals surface area contributed by atoms with Crippen molar-refractivity contribution in [1.82, 2.24) is 0 Å². The molecule has 0 heterocycles. The molecule has 0 amide bonds. The lowest BCUT2D eigenvalue weighted by Gasteiger charge is -2.66. The molecule has 0 bridgehead atoms. The fourth-order valence-corrected chi connectivity index (χ4v) is 9.58. The van der Waals surface area contributed by atoms with Crippen LogP contribution in [0.15, 0.2) is 11.6 Å². The van der Waals surface area contributed by atoms with Crippen LogP contribution in [0.4, 0.5) is 0 Å². The van der Waals surface area contributed by atoms with Gasteiger partial charge in [-0.05, 0) is 80.0 Å². The fourth-order valence-electron chi connectivity index (χ4n) is 9.58. The van der Waals surface area contributed by atoms with Gasteiger partial charge >= 0.3 is 5.97 Å². The first-order valence-corrected chi connectivity index (χ1v) is 14.5. The monoisotopic (exact) mass is 484 g/mol. The number of hydrogen-bond acceptors (Lipinski definition) is 3. The minimum Gasteiger partial charge on any atom is -0.462 e. The predicted molar refractivity (Wildman–Crippen MR) is 143 cm³/mol. The average molecular weight is 485 g/mol. The number of allylic oxidation sites excluding steroid dienone is 2. The van der Waals surface area contributed by atoms with Gasteiger partial charge in [-0.15, -0.1) is 0 Å². The normalized spacial score (nSPS) is 44.7. The van der Waals surface area contributed by atoms with Gasteiger partial charge in [0.1, 0.15) is 11.9 Å². The molecule has 0 N–H and O–H groups in total. The molecule has 3 fully saturated rings. The van der Waals surface area contributed by atoms with Gasteiger partial charge in [0.25, 0.3) is 0 Å². The van der Waals surface area contributed by atoms with E-state index in [1.54, 1.807) is 12.5 Å². The Morgan fingerprint density at radius 1 is 1.03 bits per heavy atom. The van der Waals surface area contributed by atoms with E-state index in [9.17, 15) is 9.59 Å². The average Bonchev–Trinajstić information content (AvgIpc) is 2.75. The van der Waals surface area contributed by atoms with Crippen molar-refractivity contribution in [2.75, 3.05) is 0 Å². The number of esters is 1. The van der Waals surface area contributed by atoms with Gasteiger partial charge in [0.05, 0.1) is 0 Å². The van der Waals surface area contributed by atoms with Crippen molar-refractivity contribution in [3.63, 3.8) is 0 Å². The van der Waals surface area contributed by atoms with Crippen LogP contribution in [-0.2, 0) is 14.3 Å². The Labute approximate surface area is 215 Å². The van der Waals surface area contributed by atoms with Crippen LogP contribution in [0, 0.1) is 44.8 Å². The lowest BCUT2D eigenvalue weighted by molar-refractivity contribution is -0.175. The Kier molecular flexibility index (Phi) is 6.71. The molecule has 4 aliphatic carbocycles. The molecule has 4 rings (SSSR count). The highest BCUT2D eigenvalue weighted by molar-refractivity contribution is 5.92. The first-order valence-electron chi connectivity index (χ1n) is 14.5. The minimum absolute atomic E-state index is 0.00229. The molecule has 0 spiro atoms. The van der Waals surface area contributed by atoms with Crippen LogP contribution in [0.3, 0.4) is 0 Å². The Morgan fingerprint density at radius 3 is 2.34 bits per heavy atom. The second-order valence-corrected chi connectivity index (χ2v) is 14.8. The van der Waals surface area contributed by atoms with Crippen LogP contribution >= 0.6 is 0 Å². The maximum atomic E-state index is 14.3. The van der Waals surface area contributed by atoms with Crippen molar-refractivity contribution in [3.05, 3.63) is 11.6 Å². The zero-order chi connectivity index (χ0) is 26.0. The molecular weight excluding hydrogens is 432 g/mol. The zero-order valence-corrected chi connectivity index (χ0v) is 24.2. The van der Waals surface area contributed by atoms with E-state index < -0.39 is 0 Å². The summed E-state index contributed by atoms with van der Waals surface area (Å²) < 4.78 is 5.84. The van der Waals surface area contributed by atoms with E-state index in [0.717, 1.165) is 57.8 Å². The number of Topliss-reactive ketones (excluding diaryl/α,β-unsaturated/α-hetero) is 1. The number of fused-ring (bicyclic) bond motifs is 5. The number of carbonyl (C=O) groups is 2. The van der Waals surface area contributed by atoms with E-state index in [1.807, 2.05) is 0 Å². The largest absolute Gasteiger partial charge is 0.462 e. The summed E-state index contributed by atoms with van der Waals surface area (Å²) in [6, 6.07) is 0. The molecule has 0 aromatic heterocycles.